The Hall–Kier alpha value is -2.21. The highest BCUT2D eigenvalue weighted by Crippen LogP contribution is 2.36. The van der Waals surface area contributed by atoms with Crippen molar-refractivity contribution in [1.82, 2.24) is 5.32 Å². The van der Waals surface area contributed by atoms with Gasteiger partial charge in [-0.3, -0.25) is 4.79 Å². The largest absolute Gasteiger partial charge is 0.491 e. The standard InChI is InChI=1S/C17H22ClNO5/c1-5-19-17(21)11(3)24-15(20)8-7-12-9-13(18)16(22-4)14(10-12)23-6-2/h7-11H,5-6H2,1-4H3,(H,19,21)/b8-7+/t11-/m1/s1. The number of likely N-dealkylation sites (N-methyl/N-ethyl adjacent to an activating group) is 1. The summed E-state index contributed by atoms with van der Waals surface area (Å²) in [5, 5.41) is 2.95. The van der Waals surface area contributed by atoms with Crippen molar-refractivity contribution in [3.05, 3.63) is 28.8 Å². The molecular formula is C17H22ClNO5. The first-order valence-corrected chi connectivity index (χ1v) is 7.97. The molecule has 0 radical (unpaired) electrons. The van der Waals surface area contributed by atoms with Gasteiger partial charge in [-0.15, -0.1) is 0 Å². The average molecular weight is 356 g/mol. The van der Waals surface area contributed by atoms with Gasteiger partial charge < -0.3 is 19.5 Å². The molecule has 24 heavy (non-hydrogen) atoms. The van der Waals surface area contributed by atoms with Crippen LogP contribution in [0.2, 0.25) is 5.02 Å². The molecule has 1 aromatic rings. The molecule has 7 heteroatoms. The van der Waals surface area contributed by atoms with Gasteiger partial charge in [0.15, 0.2) is 17.6 Å². The second-order valence-corrected chi connectivity index (χ2v) is 5.18. The number of hydrogen-bond donors (Lipinski definition) is 1. The lowest BCUT2D eigenvalue weighted by atomic mass is 10.2. The maximum absolute atomic E-state index is 11.8. The summed E-state index contributed by atoms with van der Waals surface area (Å²) >= 11 is 6.14. The Morgan fingerprint density at radius 3 is 2.62 bits per heavy atom. The van der Waals surface area contributed by atoms with Crippen molar-refractivity contribution in [2.45, 2.75) is 26.9 Å². The van der Waals surface area contributed by atoms with E-state index in [1.165, 1.54) is 26.2 Å². The highest BCUT2D eigenvalue weighted by molar-refractivity contribution is 6.32. The predicted molar refractivity (Wildman–Crippen MR) is 92.4 cm³/mol. The van der Waals surface area contributed by atoms with Crippen molar-refractivity contribution >= 4 is 29.6 Å². The zero-order valence-electron chi connectivity index (χ0n) is 14.2. The van der Waals surface area contributed by atoms with Gasteiger partial charge >= 0.3 is 5.97 Å². The van der Waals surface area contributed by atoms with Crippen molar-refractivity contribution in [2.75, 3.05) is 20.3 Å². The number of nitrogens with one attached hydrogen (secondary N) is 1. The van der Waals surface area contributed by atoms with Gasteiger partial charge in [-0.2, -0.15) is 0 Å². The van der Waals surface area contributed by atoms with E-state index in [4.69, 9.17) is 25.8 Å². The van der Waals surface area contributed by atoms with E-state index in [2.05, 4.69) is 5.32 Å². The predicted octanol–water partition coefficient (Wildman–Crippen LogP) is 2.83. The van der Waals surface area contributed by atoms with Crippen LogP contribution in [0, 0.1) is 0 Å². The molecule has 0 saturated carbocycles. The summed E-state index contributed by atoms with van der Waals surface area (Å²) in [6, 6.07) is 3.34. The lowest BCUT2D eigenvalue weighted by molar-refractivity contribution is -0.150. The first-order chi connectivity index (χ1) is 11.4. The highest BCUT2D eigenvalue weighted by atomic mass is 35.5. The minimum atomic E-state index is -0.861. The number of amides is 1. The quantitative estimate of drug-likeness (QED) is 0.573. The zero-order valence-corrected chi connectivity index (χ0v) is 15.0. The zero-order chi connectivity index (χ0) is 18.1. The molecule has 1 amide bonds. The topological polar surface area (TPSA) is 73.9 Å². The maximum Gasteiger partial charge on any atom is 0.331 e. The summed E-state index contributed by atoms with van der Waals surface area (Å²) in [6.07, 6.45) is 1.89. The van der Waals surface area contributed by atoms with E-state index in [0.717, 1.165) is 0 Å². The van der Waals surface area contributed by atoms with Gasteiger partial charge in [0.25, 0.3) is 5.91 Å². The van der Waals surface area contributed by atoms with Crippen molar-refractivity contribution in [3.8, 4) is 11.5 Å². The molecule has 1 aromatic carbocycles. The Kier molecular flexibility index (Phi) is 8.12. The Morgan fingerprint density at radius 1 is 1.33 bits per heavy atom. The Morgan fingerprint density at radius 2 is 2.04 bits per heavy atom. The Bertz CT molecular complexity index is 615. The lowest BCUT2D eigenvalue weighted by Crippen LogP contribution is -2.35. The third kappa shape index (κ3) is 5.77. The van der Waals surface area contributed by atoms with Gasteiger partial charge in [0.1, 0.15) is 0 Å². The molecule has 6 nitrogen and oxygen atoms in total. The van der Waals surface area contributed by atoms with Crippen molar-refractivity contribution in [3.63, 3.8) is 0 Å². The van der Waals surface area contributed by atoms with Gasteiger partial charge in [-0.25, -0.2) is 4.79 Å². The number of methoxy groups -OCH3 is 1. The second kappa shape index (κ2) is 9.82. The molecule has 1 N–H and O–H groups in total. The van der Waals surface area contributed by atoms with E-state index in [1.807, 2.05) is 6.92 Å². The minimum absolute atomic E-state index is 0.342. The van der Waals surface area contributed by atoms with Crippen molar-refractivity contribution < 1.29 is 23.8 Å². The van der Waals surface area contributed by atoms with Crippen LogP contribution >= 0.6 is 11.6 Å². The summed E-state index contributed by atoms with van der Waals surface area (Å²) in [4.78, 5) is 23.3. The van der Waals surface area contributed by atoms with Crippen LogP contribution in [-0.4, -0.2) is 38.2 Å². The highest BCUT2D eigenvalue weighted by Gasteiger charge is 2.15. The normalized spacial score (nSPS) is 11.9. The van der Waals surface area contributed by atoms with E-state index < -0.39 is 12.1 Å². The SMILES string of the molecule is CCNC(=O)[C@@H](C)OC(=O)/C=C/c1cc(Cl)c(OC)c(OCC)c1. The van der Waals surface area contributed by atoms with Crippen molar-refractivity contribution in [1.29, 1.82) is 0 Å². The second-order valence-electron chi connectivity index (χ2n) is 4.77. The molecule has 1 atom stereocenters. The molecule has 0 aliphatic carbocycles. The van der Waals surface area contributed by atoms with Crippen LogP contribution in [0.5, 0.6) is 11.5 Å². The molecule has 0 heterocycles. The first kappa shape index (κ1) is 19.8. The smallest absolute Gasteiger partial charge is 0.331 e. The monoisotopic (exact) mass is 355 g/mol. The molecular weight excluding hydrogens is 334 g/mol. The van der Waals surface area contributed by atoms with Gasteiger partial charge in [0.2, 0.25) is 0 Å². The summed E-state index contributed by atoms with van der Waals surface area (Å²) in [6.45, 7) is 6.06. The Balaban J connectivity index is 2.82. The van der Waals surface area contributed by atoms with Crippen LogP contribution < -0.4 is 14.8 Å². The number of carbonyl (C=O) groups is 2. The minimum Gasteiger partial charge on any atom is -0.491 e. The number of esters is 1. The van der Waals surface area contributed by atoms with E-state index in [-0.39, 0.29) is 5.91 Å². The fraction of sp³-hybridized carbons (Fsp3) is 0.412. The number of hydrogen-bond acceptors (Lipinski definition) is 5. The Labute approximate surface area is 146 Å². The number of benzene rings is 1. The molecule has 1 rings (SSSR count). The third-order valence-corrected chi connectivity index (χ3v) is 3.24. The summed E-state index contributed by atoms with van der Waals surface area (Å²) in [5.74, 6) is -0.0525. The summed E-state index contributed by atoms with van der Waals surface area (Å²) < 4.78 is 15.7. The molecule has 0 aliphatic heterocycles. The van der Waals surface area contributed by atoms with Crippen LogP contribution in [0.4, 0.5) is 0 Å². The van der Waals surface area contributed by atoms with Crippen LogP contribution in [-0.2, 0) is 14.3 Å². The van der Waals surface area contributed by atoms with E-state index in [0.29, 0.717) is 35.2 Å². The molecule has 0 spiro atoms. The van der Waals surface area contributed by atoms with Gasteiger partial charge in [0, 0.05) is 12.6 Å². The molecule has 132 valence electrons. The maximum atomic E-state index is 11.8. The number of ether oxygens (including phenoxy) is 3. The van der Waals surface area contributed by atoms with Crippen LogP contribution in [0.25, 0.3) is 6.08 Å². The van der Waals surface area contributed by atoms with E-state index in [9.17, 15) is 9.59 Å². The molecule has 0 saturated heterocycles. The first-order valence-electron chi connectivity index (χ1n) is 7.59. The molecule has 0 fully saturated rings. The summed E-state index contributed by atoms with van der Waals surface area (Å²) in [7, 11) is 1.50. The van der Waals surface area contributed by atoms with Gasteiger partial charge in [-0.05, 0) is 44.5 Å². The fourth-order valence-corrected chi connectivity index (χ4v) is 2.19. The fourth-order valence-electron chi connectivity index (χ4n) is 1.89. The molecule has 0 unspecified atom stereocenters. The summed E-state index contributed by atoms with van der Waals surface area (Å²) in [5.41, 5.74) is 0.645. The lowest BCUT2D eigenvalue weighted by Gasteiger charge is -2.12. The number of carbonyl (C=O) groups excluding carboxylic acids is 2. The number of halogens is 1. The van der Waals surface area contributed by atoms with Gasteiger partial charge in [-0.1, -0.05) is 11.6 Å². The average Bonchev–Trinajstić information content (AvgIpc) is 2.53. The van der Waals surface area contributed by atoms with Gasteiger partial charge in [0.05, 0.1) is 18.7 Å². The third-order valence-electron chi connectivity index (χ3n) is 2.96. The van der Waals surface area contributed by atoms with Crippen molar-refractivity contribution in [2.24, 2.45) is 0 Å². The molecule has 0 aromatic heterocycles. The molecule has 0 bridgehead atoms. The van der Waals surface area contributed by atoms with Crippen LogP contribution in [0.1, 0.15) is 26.3 Å². The number of rotatable bonds is 8. The molecule has 0 aliphatic rings. The van der Waals surface area contributed by atoms with Crippen LogP contribution in [0.3, 0.4) is 0 Å². The van der Waals surface area contributed by atoms with E-state index >= 15 is 0 Å². The van der Waals surface area contributed by atoms with Crippen LogP contribution in [0.15, 0.2) is 18.2 Å². The van der Waals surface area contributed by atoms with E-state index in [1.54, 1.807) is 19.1 Å².